The van der Waals surface area contributed by atoms with Gasteiger partial charge in [-0.25, -0.2) is 0 Å². The topological polar surface area (TPSA) is 72.2 Å². The average molecular weight is 376 g/mol. The second-order valence-electron chi connectivity index (χ2n) is 3.66. The number of rotatable bonds is 5. The van der Waals surface area contributed by atoms with E-state index in [1.165, 1.54) is 0 Å². The van der Waals surface area contributed by atoms with Gasteiger partial charge in [0.25, 0.3) is 5.91 Å². The van der Waals surface area contributed by atoms with Crippen molar-refractivity contribution in [1.29, 1.82) is 0 Å². The first-order chi connectivity index (χ1) is 8.40. The van der Waals surface area contributed by atoms with Crippen LogP contribution >= 0.6 is 31.9 Å². The van der Waals surface area contributed by atoms with Crippen molar-refractivity contribution in [3.05, 3.63) is 45.4 Å². The summed E-state index contributed by atoms with van der Waals surface area (Å²) in [5.74, 6) is -0.951. The SMILES string of the molecule is C=C(Br)C[C@@H](NC(=O)c1cccc(Br)c1)C(N)=O. The zero-order chi connectivity index (χ0) is 13.7. The van der Waals surface area contributed by atoms with E-state index in [2.05, 4.69) is 43.8 Å². The molecule has 0 unspecified atom stereocenters. The van der Waals surface area contributed by atoms with Crippen LogP contribution in [-0.4, -0.2) is 17.9 Å². The zero-order valence-electron chi connectivity index (χ0n) is 9.45. The van der Waals surface area contributed by atoms with Gasteiger partial charge >= 0.3 is 0 Å². The monoisotopic (exact) mass is 374 g/mol. The number of carbonyl (C=O) groups excluding carboxylic acids is 2. The van der Waals surface area contributed by atoms with Crippen molar-refractivity contribution in [2.45, 2.75) is 12.5 Å². The van der Waals surface area contributed by atoms with Gasteiger partial charge in [0.1, 0.15) is 6.04 Å². The Morgan fingerprint density at radius 1 is 1.44 bits per heavy atom. The summed E-state index contributed by atoms with van der Waals surface area (Å²) in [7, 11) is 0. The van der Waals surface area contributed by atoms with Gasteiger partial charge in [-0.15, -0.1) is 0 Å². The lowest BCUT2D eigenvalue weighted by molar-refractivity contribution is -0.119. The van der Waals surface area contributed by atoms with E-state index >= 15 is 0 Å². The van der Waals surface area contributed by atoms with E-state index in [9.17, 15) is 9.59 Å². The highest BCUT2D eigenvalue weighted by molar-refractivity contribution is 9.11. The van der Waals surface area contributed by atoms with Crippen molar-refractivity contribution in [3.8, 4) is 0 Å². The van der Waals surface area contributed by atoms with Gasteiger partial charge in [-0.3, -0.25) is 9.59 Å². The third kappa shape index (κ3) is 4.62. The van der Waals surface area contributed by atoms with Gasteiger partial charge in [0, 0.05) is 16.5 Å². The van der Waals surface area contributed by atoms with E-state index in [-0.39, 0.29) is 12.3 Å². The van der Waals surface area contributed by atoms with Gasteiger partial charge in [0.2, 0.25) is 5.91 Å². The third-order valence-corrected chi connectivity index (χ3v) is 2.98. The Morgan fingerprint density at radius 3 is 2.61 bits per heavy atom. The molecular weight excluding hydrogens is 364 g/mol. The summed E-state index contributed by atoms with van der Waals surface area (Å²) >= 11 is 6.41. The molecule has 96 valence electrons. The second-order valence-corrected chi connectivity index (χ2v) is 5.70. The quantitative estimate of drug-likeness (QED) is 0.828. The lowest BCUT2D eigenvalue weighted by atomic mass is 10.1. The summed E-state index contributed by atoms with van der Waals surface area (Å²) < 4.78 is 1.39. The minimum absolute atomic E-state index is 0.259. The van der Waals surface area contributed by atoms with Crippen molar-refractivity contribution in [2.75, 3.05) is 0 Å². The van der Waals surface area contributed by atoms with Crippen molar-refractivity contribution in [3.63, 3.8) is 0 Å². The molecule has 6 heteroatoms. The molecule has 0 radical (unpaired) electrons. The minimum Gasteiger partial charge on any atom is -0.368 e. The van der Waals surface area contributed by atoms with Crippen molar-refractivity contribution in [2.24, 2.45) is 5.73 Å². The van der Waals surface area contributed by atoms with Crippen LogP contribution in [0.3, 0.4) is 0 Å². The predicted octanol–water partition coefficient (Wildman–Crippen LogP) is 2.33. The molecule has 0 aromatic heterocycles. The molecule has 3 N–H and O–H groups in total. The molecule has 1 atom stereocenters. The predicted molar refractivity (Wildman–Crippen MR) is 77.3 cm³/mol. The lowest BCUT2D eigenvalue weighted by Crippen LogP contribution is -2.44. The lowest BCUT2D eigenvalue weighted by Gasteiger charge is -2.14. The Bertz CT molecular complexity index is 489. The summed E-state index contributed by atoms with van der Waals surface area (Å²) in [6, 6.07) is 6.09. The van der Waals surface area contributed by atoms with Crippen molar-refractivity contribution in [1.82, 2.24) is 5.32 Å². The number of hydrogen-bond acceptors (Lipinski definition) is 2. The van der Waals surface area contributed by atoms with Crippen LogP contribution < -0.4 is 11.1 Å². The molecule has 0 spiro atoms. The van der Waals surface area contributed by atoms with Crippen LogP contribution in [0.2, 0.25) is 0 Å². The van der Waals surface area contributed by atoms with Crippen LogP contribution in [0.5, 0.6) is 0 Å². The molecule has 0 saturated carbocycles. The first kappa shape index (κ1) is 14.9. The molecule has 1 aromatic rings. The van der Waals surface area contributed by atoms with Crippen LogP contribution in [0.4, 0.5) is 0 Å². The zero-order valence-corrected chi connectivity index (χ0v) is 12.6. The maximum Gasteiger partial charge on any atom is 0.251 e. The summed E-state index contributed by atoms with van der Waals surface area (Å²) in [5, 5.41) is 2.57. The summed E-state index contributed by atoms with van der Waals surface area (Å²) in [6.45, 7) is 3.62. The molecule has 2 amide bonds. The molecule has 0 heterocycles. The molecule has 0 aliphatic heterocycles. The Balaban J connectivity index is 2.78. The molecule has 0 bridgehead atoms. The molecule has 0 aliphatic carbocycles. The second kappa shape index (κ2) is 6.70. The molecule has 0 aliphatic rings. The molecule has 1 aromatic carbocycles. The Labute approximate surface area is 122 Å². The average Bonchev–Trinajstić information content (AvgIpc) is 2.27. The van der Waals surface area contributed by atoms with E-state index < -0.39 is 11.9 Å². The van der Waals surface area contributed by atoms with Crippen LogP contribution in [0.15, 0.2) is 39.8 Å². The number of nitrogens with one attached hydrogen (secondary N) is 1. The maximum atomic E-state index is 11.9. The summed E-state index contributed by atoms with van der Waals surface area (Å²) in [5.41, 5.74) is 5.67. The van der Waals surface area contributed by atoms with Gasteiger partial charge < -0.3 is 11.1 Å². The van der Waals surface area contributed by atoms with E-state index in [4.69, 9.17) is 5.73 Å². The Hall–Kier alpha value is -1.14. The van der Waals surface area contributed by atoms with Gasteiger partial charge in [-0.2, -0.15) is 0 Å². The highest BCUT2D eigenvalue weighted by atomic mass is 79.9. The van der Waals surface area contributed by atoms with Gasteiger partial charge in [0.05, 0.1) is 0 Å². The molecule has 4 nitrogen and oxygen atoms in total. The molecule has 0 saturated heterocycles. The molecule has 18 heavy (non-hydrogen) atoms. The summed E-state index contributed by atoms with van der Waals surface area (Å²) in [4.78, 5) is 23.1. The normalized spacial score (nSPS) is 11.7. The third-order valence-electron chi connectivity index (χ3n) is 2.16. The number of nitrogens with two attached hydrogens (primary N) is 1. The standard InChI is InChI=1S/C12H12Br2N2O2/c1-7(13)5-10(11(15)17)16-12(18)8-3-2-4-9(14)6-8/h2-4,6,10H,1,5H2,(H2,15,17)(H,16,18)/t10-/m1/s1. The van der Waals surface area contributed by atoms with Crippen molar-refractivity contribution >= 4 is 43.7 Å². The first-order valence-electron chi connectivity index (χ1n) is 5.09. The molecule has 0 fully saturated rings. The first-order valence-corrected chi connectivity index (χ1v) is 6.67. The van der Waals surface area contributed by atoms with Crippen LogP contribution in [0.1, 0.15) is 16.8 Å². The highest BCUT2D eigenvalue weighted by Gasteiger charge is 2.19. The number of carbonyl (C=O) groups is 2. The number of benzene rings is 1. The van der Waals surface area contributed by atoms with E-state index in [0.717, 1.165) is 4.47 Å². The summed E-state index contributed by atoms with van der Waals surface area (Å²) in [6.07, 6.45) is 0.259. The smallest absolute Gasteiger partial charge is 0.251 e. The number of hydrogen-bond donors (Lipinski definition) is 2. The number of primary amides is 1. The Morgan fingerprint density at radius 2 is 2.11 bits per heavy atom. The number of halogens is 2. The van der Waals surface area contributed by atoms with Crippen LogP contribution in [0, 0.1) is 0 Å². The minimum atomic E-state index is -0.775. The van der Waals surface area contributed by atoms with Gasteiger partial charge in [-0.1, -0.05) is 44.5 Å². The largest absolute Gasteiger partial charge is 0.368 e. The van der Waals surface area contributed by atoms with Crippen molar-refractivity contribution < 1.29 is 9.59 Å². The van der Waals surface area contributed by atoms with E-state index in [1.54, 1.807) is 18.2 Å². The van der Waals surface area contributed by atoms with E-state index in [0.29, 0.717) is 10.0 Å². The fourth-order valence-corrected chi connectivity index (χ4v) is 2.04. The van der Waals surface area contributed by atoms with E-state index in [1.807, 2.05) is 6.07 Å². The number of amides is 2. The van der Waals surface area contributed by atoms with Gasteiger partial charge in [0.15, 0.2) is 0 Å². The van der Waals surface area contributed by atoms with Crippen LogP contribution in [0.25, 0.3) is 0 Å². The van der Waals surface area contributed by atoms with Gasteiger partial charge in [-0.05, 0) is 22.7 Å². The maximum absolute atomic E-state index is 11.9. The fourth-order valence-electron chi connectivity index (χ4n) is 1.32. The highest BCUT2D eigenvalue weighted by Crippen LogP contribution is 2.13. The Kier molecular flexibility index (Phi) is 5.55. The van der Waals surface area contributed by atoms with Crippen LogP contribution in [-0.2, 0) is 4.79 Å². The fraction of sp³-hybridized carbons (Fsp3) is 0.167. The molecular formula is C12H12Br2N2O2. The molecule has 1 rings (SSSR count).